The van der Waals surface area contributed by atoms with E-state index in [1.165, 1.54) is 19.3 Å². The van der Waals surface area contributed by atoms with E-state index in [4.69, 9.17) is 10.5 Å². The molecule has 1 aliphatic rings. The van der Waals surface area contributed by atoms with E-state index in [1.807, 2.05) is 0 Å². The number of likely N-dealkylation sites (tertiary alicyclic amines) is 1. The highest BCUT2D eigenvalue weighted by Gasteiger charge is 2.25. The molecule has 1 rings (SSSR count). The average molecular weight is 242 g/mol. The lowest BCUT2D eigenvalue weighted by Crippen LogP contribution is -2.46. The predicted molar refractivity (Wildman–Crippen MR) is 68.7 cm³/mol. The van der Waals surface area contributed by atoms with E-state index >= 15 is 0 Å². The molecular formula is C13H26N2O2. The summed E-state index contributed by atoms with van der Waals surface area (Å²) in [5, 5.41) is 0. The van der Waals surface area contributed by atoms with Crippen LogP contribution in [0.15, 0.2) is 0 Å². The Balaban J connectivity index is 2.35. The normalized spacial score (nSPS) is 27.8. The Morgan fingerprint density at radius 2 is 2.00 bits per heavy atom. The monoisotopic (exact) mass is 242 g/mol. The zero-order chi connectivity index (χ0) is 12.8. The number of ether oxygens (including phenoxy) is 1. The van der Waals surface area contributed by atoms with Gasteiger partial charge in [-0.15, -0.1) is 0 Å². The molecule has 2 N–H and O–H groups in total. The highest BCUT2D eigenvalue weighted by atomic mass is 16.5. The molecule has 1 unspecified atom stereocenters. The molecule has 1 heterocycles. The zero-order valence-corrected chi connectivity index (χ0v) is 11.3. The number of esters is 1. The third-order valence-corrected chi connectivity index (χ3v) is 3.66. The maximum Gasteiger partial charge on any atom is 0.322 e. The standard InChI is InChI=1S/C13H26N2O2/c1-4-17-13(16)12(14)8-9-15-10(2)6-5-7-11(15)3/h10-12H,4-9,14H2,1-3H3/t10-,11+,12?. The van der Waals surface area contributed by atoms with Gasteiger partial charge in [-0.1, -0.05) is 6.42 Å². The summed E-state index contributed by atoms with van der Waals surface area (Å²) >= 11 is 0. The van der Waals surface area contributed by atoms with Crippen LogP contribution < -0.4 is 5.73 Å². The summed E-state index contributed by atoms with van der Waals surface area (Å²) in [7, 11) is 0. The quantitative estimate of drug-likeness (QED) is 0.743. The predicted octanol–water partition coefficient (Wildman–Crippen LogP) is 1.53. The van der Waals surface area contributed by atoms with Crippen LogP contribution in [-0.2, 0) is 9.53 Å². The van der Waals surface area contributed by atoms with Crippen molar-refractivity contribution in [1.82, 2.24) is 4.90 Å². The first-order valence-electron chi connectivity index (χ1n) is 6.74. The van der Waals surface area contributed by atoms with Crippen molar-refractivity contribution in [2.45, 2.75) is 64.6 Å². The number of nitrogens with zero attached hydrogens (tertiary/aromatic N) is 1. The van der Waals surface area contributed by atoms with Crippen LogP contribution in [-0.4, -0.2) is 42.1 Å². The molecule has 0 bridgehead atoms. The fraction of sp³-hybridized carbons (Fsp3) is 0.923. The molecular weight excluding hydrogens is 216 g/mol. The highest BCUT2D eigenvalue weighted by Crippen LogP contribution is 2.22. The summed E-state index contributed by atoms with van der Waals surface area (Å²) in [6.45, 7) is 7.61. The molecule has 1 aliphatic heterocycles. The molecule has 3 atom stereocenters. The Bertz CT molecular complexity index is 236. The topological polar surface area (TPSA) is 55.6 Å². The van der Waals surface area contributed by atoms with Crippen molar-refractivity contribution < 1.29 is 9.53 Å². The van der Waals surface area contributed by atoms with Gasteiger partial charge in [0.1, 0.15) is 6.04 Å². The van der Waals surface area contributed by atoms with Gasteiger partial charge in [-0.05, 0) is 40.0 Å². The van der Waals surface area contributed by atoms with Crippen LogP contribution in [0.3, 0.4) is 0 Å². The van der Waals surface area contributed by atoms with Crippen molar-refractivity contribution in [3.8, 4) is 0 Å². The van der Waals surface area contributed by atoms with E-state index in [2.05, 4.69) is 18.7 Å². The molecule has 0 amide bonds. The number of carbonyl (C=O) groups is 1. The molecule has 17 heavy (non-hydrogen) atoms. The van der Waals surface area contributed by atoms with E-state index < -0.39 is 6.04 Å². The Morgan fingerprint density at radius 3 is 2.53 bits per heavy atom. The maximum atomic E-state index is 11.4. The lowest BCUT2D eigenvalue weighted by Gasteiger charge is -2.39. The van der Waals surface area contributed by atoms with Crippen molar-refractivity contribution in [2.75, 3.05) is 13.2 Å². The summed E-state index contributed by atoms with van der Waals surface area (Å²) in [6.07, 6.45) is 4.49. The number of carbonyl (C=O) groups excluding carboxylic acids is 1. The SMILES string of the molecule is CCOC(=O)C(N)CCN1[C@H](C)CCC[C@@H]1C. The second-order valence-corrected chi connectivity index (χ2v) is 5.01. The summed E-state index contributed by atoms with van der Waals surface area (Å²) in [5.41, 5.74) is 5.81. The van der Waals surface area contributed by atoms with E-state index in [0.29, 0.717) is 25.1 Å². The van der Waals surface area contributed by atoms with Crippen molar-refractivity contribution in [3.63, 3.8) is 0 Å². The first-order chi connectivity index (χ1) is 8.06. The lowest BCUT2D eigenvalue weighted by molar-refractivity contribution is -0.145. The molecule has 4 heteroatoms. The largest absolute Gasteiger partial charge is 0.465 e. The van der Waals surface area contributed by atoms with E-state index in [1.54, 1.807) is 6.92 Å². The third kappa shape index (κ3) is 4.28. The molecule has 0 aromatic carbocycles. The third-order valence-electron chi connectivity index (χ3n) is 3.66. The Morgan fingerprint density at radius 1 is 1.41 bits per heavy atom. The van der Waals surface area contributed by atoms with Gasteiger partial charge in [-0.25, -0.2) is 0 Å². The van der Waals surface area contributed by atoms with Crippen molar-refractivity contribution >= 4 is 5.97 Å². The Labute approximate surface area is 104 Å². The molecule has 0 radical (unpaired) electrons. The van der Waals surface area contributed by atoms with Crippen LogP contribution in [0, 0.1) is 0 Å². The molecule has 0 aliphatic carbocycles. The zero-order valence-electron chi connectivity index (χ0n) is 11.3. The van der Waals surface area contributed by atoms with Crippen LogP contribution in [0.5, 0.6) is 0 Å². The number of nitrogens with two attached hydrogens (primary N) is 1. The van der Waals surface area contributed by atoms with Crippen molar-refractivity contribution in [3.05, 3.63) is 0 Å². The fourth-order valence-corrected chi connectivity index (χ4v) is 2.57. The van der Waals surface area contributed by atoms with Crippen molar-refractivity contribution in [2.24, 2.45) is 5.73 Å². The van der Waals surface area contributed by atoms with Crippen LogP contribution in [0.4, 0.5) is 0 Å². The van der Waals surface area contributed by atoms with Gasteiger partial charge >= 0.3 is 5.97 Å². The first kappa shape index (κ1) is 14.5. The minimum atomic E-state index is -0.476. The summed E-state index contributed by atoms with van der Waals surface area (Å²) in [6, 6.07) is 0.734. The van der Waals surface area contributed by atoms with Gasteiger partial charge in [0.15, 0.2) is 0 Å². The summed E-state index contributed by atoms with van der Waals surface area (Å²) < 4.78 is 4.91. The van der Waals surface area contributed by atoms with Crippen LogP contribution in [0.25, 0.3) is 0 Å². The Hall–Kier alpha value is -0.610. The minimum absolute atomic E-state index is 0.273. The van der Waals surface area contributed by atoms with E-state index in [-0.39, 0.29) is 5.97 Å². The molecule has 0 aromatic heterocycles. The van der Waals surface area contributed by atoms with Gasteiger partial charge in [-0.3, -0.25) is 9.69 Å². The molecule has 0 spiro atoms. The van der Waals surface area contributed by atoms with Crippen LogP contribution in [0.2, 0.25) is 0 Å². The molecule has 1 fully saturated rings. The molecule has 100 valence electrons. The lowest BCUT2D eigenvalue weighted by atomic mass is 9.97. The number of hydrogen-bond donors (Lipinski definition) is 1. The second kappa shape index (κ2) is 6.97. The molecule has 1 saturated heterocycles. The van der Waals surface area contributed by atoms with Crippen LogP contribution in [0.1, 0.15) is 46.5 Å². The molecule has 4 nitrogen and oxygen atoms in total. The van der Waals surface area contributed by atoms with Gasteiger partial charge in [-0.2, -0.15) is 0 Å². The highest BCUT2D eigenvalue weighted by molar-refractivity contribution is 5.75. The summed E-state index contributed by atoms with van der Waals surface area (Å²) in [5.74, 6) is -0.273. The second-order valence-electron chi connectivity index (χ2n) is 5.01. The van der Waals surface area contributed by atoms with Crippen LogP contribution >= 0.6 is 0 Å². The maximum absolute atomic E-state index is 11.4. The van der Waals surface area contributed by atoms with Gasteiger partial charge in [0, 0.05) is 18.6 Å². The van der Waals surface area contributed by atoms with E-state index in [9.17, 15) is 4.79 Å². The van der Waals surface area contributed by atoms with Gasteiger partial charge in [0.25, 0.3) is 0 Å². The summed E-state index contributed by atoms with van der Waals surface area (Å²) in [4.78, 5) is 13.9. The van der Waals surface area contributed by atoms with Gasteiger partial charge in [0.2, 0.25) is 0 Å². The number of hydrogen-bond acceptors (Lipinski definition) is 4. The van der Waals surface area contributed by atoms with E-state index in [0.717, 1.165) is 6.54 Å². The average Bonchev–Trinajstić information content (AvgIpc) is 2.28. The number of piperidine rings is 1. The smallest absolute Gasteiger partial charge is 0.322 e. The Kier molecular flexibility index (Phi) is 5.92. The van der Waals surface area contributed by atoms with Crippen molar-refractivity contribution in [1.29, 1.82) is 0 Å². The molecule has 0 aromatic rings. The number of rotatable bonds is 5. The fourth-order valence-electron chi connectivity index (χ4n) is 2.57. The van der Waals surface area contributed by atoms with Gasteiger partial charge in [0.05, 0.1) is 6.61 Å². The minimum Gasteiger partial charge on any atom is -0.465 e. The van der Waals surface area contributed by atoms with Gasteiger partial charge < -0.3 is 10.5 Å². The first-order valence-corrected chi connectivity index (χ1v) is 6.74. The molecule has 0 saturated carbocycles.